The Morgan fingerprint density at radius 1 is 1.24 bits per heavy atom. The van der Waals surface area contributed by atoms with Crippen LogP contribution in [0.5, 0.6) is 0 Å². The first-order chi connectivity index (χ1) is 9.99. The molecule has 0 spiro atoms. The zero-order valence-corrected chi connectivity index (χ0v) is 16.3. The Morgan fingerprint density at radius 2 is 2.00 bits per heavy atom. The number of anilines is 1. The van der Waals surface area contributed by atoms with Crippen LogP contribution in [0, 0.1) is 0 Å². The SMILES string of the molecule is CCC(N)Cc1cc(Br)ccc1N(C)Cc1cc(Br)cs1. The fourth-order valence-electron chi connectivity index (χ4n) is 2.27. The molecule has 0 saturated carbocycles. The topological polar surface area (TPSA) is 29.3 Å². The first kappa shape index (κ1) is 17.0. The second kappa shape index (κ2) is 7.77. The van der Waals surface area contributed by atoms with Gasteiger partial charge in [0.15, 0.2) is 0 Å². The molecule has 2 rings (SSSR count). The highest BCUT2D eigenvalue weighted by Crippen LogP contribution is 2.28. The fourth-order valence-corrected chi connectivity index (χ4v) is 4.18. The lowest BCUT2D eigenvalue weighted by Gasteiger charge is -2.23. The quantitative estimate of drug-likeness (QED) is 0.681. The van der Waals surface area contributed by atoms with E-state index in [-0.39, 0.29) is 6.04 Å². The third-order valence-electron chi connectivity index (χ3n) is 3.47. The summed E-state index contributed by atoms with van der Waals surface area (Å²) in [6.07, 6.45) is 1.90. The molecular weight excluding hydrogens is 412 g/mol. The molecule has 0 aliphatic carbocycles. The minimum absolute atomic E-state index is 0.210. The molecular formula is C16H20Br2N2S. The highest BCUT2D eigenvalue weighted by atomic mass is 79.9. The number of nitrogens with two attached hydrogens (primary N) is 1. The average Bonchev–Trinajstić information content (AvgIpc) is 2.84. The fraction of sp³-hybridized carbons (Fsp3) is 0.375. The van der Waals surface area contributed by atoms with Crippen LogP contribution < -0.4 is 10.6 Å². The van der Waals surface area contributed by atoms with E-state index in [1.165, 1.54) is 16.1 Å². The van der Waals surface area contributed by atoms with E-state index in [9.17, 15) is 0 Å². The van der Waals surface area contributed by atoms with Crippen LogP contribution in [0.15, 0.2) is 38.6 Å². The molecule has 0 aliphatic rings. The van der Waals surface area contributed by atoms with Gasteiger partial charge in [-0.25, -0.2) is 0 Å². The third-order valence-corrected chi connectivity index (χ3v) is 5.65. The Balaban J connectivity index is 2.20. The van der Waals surface area contributed by atoms with Crippen molar-refractivity contribution in [2.75, 3.05) is 11.9 Å². The summed E-state index contributed by atoms with van der Waals surface area (Å²) in [6.45, 7) is 3.04. The van der Waals surface area contributed by atoms with E-state index in [0.717, 1.165) is 28.3 Å². The predicted octanol–water partition coefficient (Wildman–Crippen LogP) is 5.19. The molecule has 2 N–H and O–H groups in total. The molecule has 0 saturated heterocycles. The third kappa shape index (κ3) is 4.81. The van der Waals surface area contributed by atoms with Gasteiger partial charge in [0.1, 0.15) is 0 Å². The second-order valence-electron chi connectivity index (χ2n) is 5.23. The number of halogens is 2. The van der Waals surface area contributed by atoms with Gasteiger partial charge in [0.25, 0.3) is 0 Å². The van der Waals surface area contributed by atoms with Crippen LogP contribution in [-0.2, 0) is 13.0 Å². The Kier molecular flexibility index (Phi) is 6.29. The van der Waals surface area contributed by atoms with Gasteiger partial charge in [-0.1, -0.05) is 22.9 Å². The van der Waals surface area contributed by atoms with E-state index in [1.54, 1.807) is 11.3 Å². The van der Waals surface area contributed by atoms with Gasteiger partial charge in [-0.2, -0.15) is 0 Å². The molecule has 5 heteroatoms. The molecule has 0 aliphatic heterocycles. The monoisotopic (exact) mass is 430 g/mol. The highest BCUT2D eigenvalue weighted by molar-refractivity contribution is 9.10. The summed E-state index contributed by atoms with van der Waals surface area (Å²) in [5.74, 6) is 0. The molecule has 0 bridgehead atoms. The van der Waals surface area contributed by atoms with Crippen molar-refractivity contribution in [3.63, 3.8) is 0 Å². The van der Waals surface area contributed by atoms with Crippen LogP contribution in [-0.4, -0.2) is 13.1 Å². The summed E-state index contributed by atoms with van der Waals surface area (Å²) in [4.78, 5) is 3.64. The van der Waals surface area contributed by atoms with Crippen molar-refractivity contribution in [2.45, 2.75) is 32.4 Å². The van der Waals surface area contributed by atoms with Gasteiger partial charge in [0, 0.05) is 38.0 Å². The first-order valence-electron chi connectivity index (χ1n) is 6.97. The normalized spacial score (nSPS) is 12.4. The Bertz CT molecular complexity index is 598. The zero-order valence-electron chi connectivity index (χ0n) is 12.3. The second-order valence-corrected chi connectivity index (χ2v) is 8.06. The lowest BCUT2D eigenvalue weighted by molar-refractivity contribution is 0.645. The van der Waals surface area contributed by atoms with Gasteiger partial charge in [-0.05, 0) is 58.6 Å². The number of nitrogens with zero attached hydrogens (tertiary/aromatic N) is 1. The van der Waals surface area contributed by atoms with E-state index >= 15 is 0 Å². The molecule has 0 fully saturated rings. The van der Waals surface area contributed by atoms with E-state index < -0.39 is 0 Å². The lowest BCUT2D eigenvalue weighted by Crippen LogP contribution is -2.24. The smallest absolute Gasteiger partial charge is 0.0520 e. The largest absolute Gasteiger partial charge is 0.369 e. The van der Waals surface area contributed by atoms with E-state index in [4.69, 9.17) is 5.73 Å². The Labute approximate surface area is 147 Å². The summed E-state index contributed by atoms with van der Waals surface area (Å²) < 4.78 is 2.26. The molecule has 114 valence electrons. The molecule has 1 heterocycles. The highest BCUT2D eigenvalue weighted by Gasteiger charge is 2.12. The summed E-state index contributed by atoms with van der Waals surface area (Å²) in [6, 6.07) is 8.84. The van der Waals surface area contributed by atoms with Gasteiger partial charge < -0.3 is 10.6 Å². The van der Waals surface area contributed by atoms with Crippen LogP contribution in [0.1, 0.15) is 23.8 Å². The van der Waals surface area contributed by atoms with E-state index in [0.29, 0.717) is 0 Å². The standard InChI is InChI=1S/C16H20Br2N2S/c1-3-14(19)7-11-6-12(17)4-5-16(11)20(2)9-15-8-13(18)10-21-15/h4-6,8,10,14H,3,7,9,19H2,1-2H3. The van der Waals surface area contributed by atoms with Crippen molar-refractivity contribution in [2.24, 2.45) is 5.73 Å². The first-order valence-corrected chi connectivity index (χ1v) is 9.44. The van der Waals surface area contributed by atoms with Crippen molar-refractivity contribution in [3.05, 3.63) is 49.0 Å². The van der Waals surface area contributed by atoms with Crippen LogP contribution >= 0.6 is 43.2 Å². The minimum atomic E-state index is 0.210. The molecule has 1 unspecified atom stereocenters. The number of benzene rings is 1. The Hall–Kier alpha value is -0.360. The molecule has 1 aromatic carbocycles. The summed E-state index contributed by atoms with van der Waals surface area (Å²) in [5, 5.41) is 2.12. The number of rotatable bonds is 6. The van der Waals surface area contributed by atoms with Gasteiger partial charge >= 0.3 is 0 Å². The van der Waals surface area contributed by atoms with E-state index in [1.807, 2.05) is 0 Å². The molecule has 2 nitrogen and oxygen atoms in total. The predicted molar refractivity (Wildman–Crippen MR) is 100 cm³/mol. The lowest BCUT2D eigenvalue weighted by atomic mass is 10.0. The van der Waals surface area contributed by atoms with Gasteiger partial charge in [0.2, 0.25) is 0 Å². The van der Waals surface area contributed by atoms with Crippen molar-refractivity contribution in [3.8, 4) is 0 Å². The van der Waals surface area contributed by atoms with Crippen LogP contribution in [0.2, 0.25) is 0 Å². The van der Waals surface area contributed by atoms with Gasteiger partial charge in [0.05, 0.1) is 6.54 Å². The van der Waals surface area contributed by atoms with Gasteiger partial charge in [-0.15, -0.1) is 11.3 Å². The molecule has 1 atom stereocenters. The molecule has 0 radical (unpaired) electrons. The van der Waals surface area contributed by atoms with E-state index in [2.05, 4.69) is 80.4 Å². The van der Waals surface area contributed by atoms with Crippen molar-refractivity contribution < 1.29 is 0 Å². The van der Waals surface area contributed by atoms with Gasteiger partial charge in [-0.3, -0.25) is 0 Å². The summed E-state index contributed by atoms with van der Waals surface area (Å²) in [5.41, 5.74) is 8.70. The molecule has 21 heavy (non-hydrogen) atoms. The molecule has 2 aromatic rings. The number of hydrogen-bond acceptors (Lipinski definition) is 3. The van der Waals surface area contributed by atoms with Crippen molar-refractivity contribution >= 4 is 48.9 Å². The maximum Gasteiger partial charge on any atom is 0.0520 e. The maximum absolute atomic E-state index is 6.14. The van der Waals surface area contributed by atoms with Crippen LogP contribution in [0.25, 0.3) is 0 Å². The molecule has 1 aromatic heterocycles. The van der Waals surface area contributed by atoms with Crippen LogP contribution in [0.3, 0.4) is 0 Å². The van der Waals surface area contributed by atoms with Crippen LogP contribution in [0.4, 0.5) is 5.69 Å². The van der Waals surface area contributed by atoms with Crippen molar-refractivity contribution in [1.29, 1.82) is 0 Å². The average molecular weight is 432 g/mol. The maximum atomic E-state index is 6.14. The minimum Gasteiger partial charge on any atom is -0.369 e. The summed E-state index contributed by atoms with van der Waals surface area (Å²) >= 11 is 8.85. The number of thiophene rings is 1. The number of hydrogen-bond donors (Lipinski definition) is 1. The van der Waals surface area contributed by atoms with Crippen molar-refractivity contribution in [1.82, 2.24) is 0 Å². The molecule has 0 amide bonds. The zero-order chi connectivity index (χ0) is 15.4. The Morgan fingerprint density at radius 3 is 2.62 bits per heavy atom. The summed E-state index contributed by atoms with van der Waals surface area (Å²) in [7, 11) is 2.14.